The second-order valence-electron chi connectivity index (χ2n) is 4.00. The van der Waals surface area contributed by atoms with E-state index in [0.29, 0.717) is 21.3 Å². The highest BCUT2D eigenvalue weighted by Crippen LogP contribution is 2.24. The van der Waals surface area contributed by atoms with E-state index in [1.807, 2.05) is 0 Å². The Bertz CT molecular complexity index is 636. The summed E-state index contributed by atoms with van der Waals surface area (Å²) in [5.41, 5.74) is 6.60. The molecule has 0 aliphatic carbocycles. The molecule has 0 bridgehead atoms. The van der Waals surface area contributed by atoms with E-state index in [4.69, 9.17) is 17.3 Å². The minimum atomic E-state index is -0.332. The van der Waals surface area contributed by atoms with Crippen LogP contribution in [0.3, 0.4) is 0 Å². The van der Waals surface area contributed by atoms with Crippen LogP contribution < -0.4 is 11.1 Å². The lowest BCUT2D eigenvalue weighted by molar-refractivity contribution is -0.113. The summed E-state index contributed by atoms with van der Waals surface area (Å²) in [6.45, 7) is 0. The minimum absolute atomic E-state index is 0.115. The smallest absolute Gasteiger partial charge is 0.234 e. The number of hydrogen-bond donors (Lipinski definition) is 2. The Labute approximate surface area is 125 Å². The van der Waals surface area contributed by atoms with E-state index in [-0.39, 0.29) is 17.5 Å². The van der Waals surface area contributed by atoms with Crippen molar-refractivity contribution in [2.75, 3.05) is 16.8 Å². The van der Waals surface area contributed by atoms with Crippen LogP contribution in [0.2, 0.25) is 5.02 Å². The summed E-state index contributed by atoms with van der Waals surface area (Å²) < 4.78 is 13.4. The highest BCUT2D eigenvalue weighted by Gasteiger charge is 2.07. The second-order valence-corrected chi connectivity index (χ2v) is 5.43. The lowest BCUT2D eigenvalue weighted by atomic mass is 10.3. The summed E-state index contributed by atoms with van der Waals surface area (Å²) in [4.78, 5) is 12.2. The van der Waals surface area contributed by atoms with E-state index < -0.39 is 0 Å². The molecule has 0 saturated carbocycles. The number of nitrogens with two attached hydrogens (primary N) is 1. The number of carbonyl (C=O) groups excluding carboxylic acids is 1. The zero-order chi connectivity index (χ0) is 14.5. The van der Waals surface area contributed by atoms with E-state index in [1.165, 1.54) is 6.07 Å². The monoisotopic (exact) mass is 310 g/mol. The van der Waals surface area contributed by atoms with E-state index in [0.717, 1.165) is 11.8 Å². The maximum absolute atomic E-state index is 13.4. The fourth-order valence-electron chi connectivity index (χ4n) is 1.52. The SMILES string of the molecule is Nc1cc(NC(=O)CSc2ccccc2F)ccc1Cl. The third-order valence-corrected chi connectivity index (χ3v) is 3.87. The van der Waals surface area contributed by atoms with Crippen molar-refractivity contribution < 1.29 is 9.18 Å². The summed E-state index contributed by atoms with van der Waals surface area (Å²) in [7, 11) is 0. The number of carbonyl (C=O) groups is 1. The van der Waals surface area contributed by atoms with Gasteiger partial charge in [0.2, 0.25) is 5.91 Å². The molecule has 20 heavy (non-hydrogen) atoms. The van der Waals surface area contributed by atoms with Gasteiger partial charge in [-0.25, -0.2) is 4.39 Å². The van der Waals surface area contributed by atoms with Crippen LogP contribution in [0.15, 0.2) is 47.4 Å². The molecule has 0 aliphatic rings. The number of thioether (sulfide) groups is 1. The average molecular weight is 311 g/mol. The molecule has 3 N–H and O–H groups in total. The molecule has 0 radical (unpaired) electrons. The number of amides is 1. The van der Waals surface area contributed by atoms with Gasteiger partial charge in [-0.1, -0.05) is 23.7 Å². The van der Waals surface area contributed by atoms with Crippen LogP contribution in [-0.2, 0) is 4.79 Å². The Kier molecular flexibility index (Phi) is 4.87. The predicted octanol–water partition coefficient (Wildman–Crippen LogP) is 3.79. The molecule has 0 spiro atoms. The van der Waals surface area contributed by atoms with Crippen LogP contribution >= 0.6 is 23.4 Å². The number of benzene rings is 2. The molecule has 2 rings (SSSR count). The van der Waals surface area contributed by atoms with Crippen LogP contribution in [0.25, 0.3) is 0 Å². The normalized spacial score (nSPS) is 10.3. The van der Waals surface area contributed by atoms with Gasteiger partial charge in [-0.15, -0.1) is 11.8 Å². The maximum atomic E-state index is 13.4. The molecule has 0 fully saturated rings. The molecule has 104 valence electrons. The quantitative estimate of drug-likeness (QED) is 0.667. The predicted molar refractivity (Wildman–Crippen MR) is 81.6 cm³/mol. The topological polar surface area (TPSA) is 55.1 Å². The largest absolute Gasteiger partial charge is 0.397 e. The fraction of sp³-hybridized carbons (Fsp3) is 0.0714. The number of hydrogen-bond acceptors (Lipinski definition) is 3. The van der Waals surface area contributed by atoms with E-state index >= 15 is 0 Å². The Morgan fingerprint density at radius 1 is 1.30 bits per heavy atom. The second kappa shape index (κ2) is 6.63. The molecule has 1 amide bonds. The zero-order valence-electron chi connectivity index (χ0n) is 10.4. The van der Waals surface area contributed by atoms with Crippen molar-refractivity contribution >= 4 is 40.6 Å². The Hall–Kier alpha value is -1.72. The number of rotatable bonds is 4. The highest BCUT2D eigenvalue weighted by atomic mass is 35.5. The highest BCUT2D eigenvalue weighted by molar-refractivity contribution is 8.00. The van der Waals surface area contributed by atoms with Crippen molar-refractivity contribution in [2.45, 2.75) is 4.90 Å². The van der Waals surface area contributed by atoms with Gasteiger partial charge in [-0.2, -0.15) is 0 Å². The van der Waals surface area contributed by atoms with Crippen molar-refractivity contribution in [1.82, 2.24) is 0 Å². The van der Waals surface area contributed by atoms with Gasteiger partial charge in [-0.05, 0) is 30.3 Å². The van der Waals surface area contributed by atoms with Crippen LogP contribution in [0.4, 0.5) is 15.8 Å². The van der Waals surface area contributed by atoms with Gasteiger partial charge in [-0.3, -0.25) is 4.79 Å². The van der Waals surface area contributed by atoms with Crippen molar-refractivity contribution in [2.24, 2.45) is 0 Å². The van der Waals surface area contributed by atoms with Crippen molar-refractivity contribution in [3.63, 3.8) is 0 Å². The lowest BCUT2D eigenvalue weighted by Gasteiger charge is -2.07. The van der Waals surface area contributed by atoms with Gasteiger partial charge in [0.25, 0.3) is 0 Å². The summed E-state index contributed by atoms with van der Waals surface area (Å²) >= 11 is 6.93. The number of anilines is 2. The van der Waals surface area contributed by atoms with Gasteiger partial charge < -0.3 is 11.1 Å². The molecule has 0 unspecified atom stereocenters. The summed E-state index contributed by atoms with van der Waals surface area (Å²) in [5.74, 6) is -0.454. The molecular formula is C14H12ClFN2OS. The summed E-state index contributed by atoms with van der Waals surface area (Å²) in [6, 6.07) is 11.2. The lowest BCUT2D eigenvalue weighted by Crippen LogP contribution is -2.14. The summed E-state index contributed by atoms with van der Waals surface area (Å²) in [6.07, 6.45) is 0. The van der Waals surface area contributed by atoms with Crippen LogP contribution in [-0.4, -0.2) is 11.7 Å². The third kappa shape index (κ3) is 3.88. The van der Waals surface area contributed by atoms with E-state index in [2.05, 4.69) is 5.32 Å². The van der Waals surface area contributed by atoms with Crippen LogP contribution in [0.1, 0.15) is 0 Å². The Morgan fingerprint density at radius 3 is 2.75 bits per heavy atom. The Morgan fingerprint density at radius 2 is 2.05 bits per heavy atom. The van der Waals surface area contributed by atoms with Crippen molar-refractivity contribution in [3.05, 3.63) is 53.3 Å². The molecule has 3 nitrogen and oxygen atoms in total. The molecule has 6 heteroatoms. The van der Waals surface area contributed by atoms with Crippen molar-refractivity contribution in [3.8, 4) is 0 Å². The molecule has 2 aromatic carbocycles. The number of halogens is 2. The van der Waals surface area contributed by atoms with Crippen LogP contribution in [0, 0.1) is 5.82 Å². The summed E-state index contributed by atoms with van der Waals surface area (Å²) in [5, 5.41) is 3.11. The van der Waals surface area contributed by atoms with Crippen LogP contribution in [0.5, 0.6) is 0 Å². The minimum Gasteiger partial charge on any atom is -0.397 e. The number of nitrogens with one attached hydrogen (secondary N) is 1. The molecule has 0 heterocycles. The third-order valence-electron chi connectivity index (χ3n) is 2.48. The standard InChI is InChI=1S/C14H12ClFN2OS/c15-10-6-5-9(7-12(10)17)18-14(19)8-20-13-4-2-1-3-11(13)16/h1-7H,8,17H2,(H,18,19). The first-order valence-corrected chi connectivity index (χ1v) is 7.15. The first-order valence-electron chi connectivity index (χ1n) is 5.78. The fourth-order valence-corrected chi connectivity index (χ4v) is 2.38. The van der Waals surface area contributed by atoms with E-state index in [9.17, 15) is 9.18 Å². The molecule has 0 aliphatic heterocycles. The zero-order valence-corrected chi connectivity index (χ0v) is 12.0. The Balaban J connectivity index is 1.93. The molecule has 0 aromatic heterocycles. The first-order chi connectivity index (χ1) is 9.56. The van der Waals surface area contributed by atoms with Gasteiger partial charge in [0.05, 0.1) is 16.5 Å². The molecule has 0 saturated heterocycles. The van der Waals surface area contributed by atoms with Gasteiger partial charge >= 0.3 is 0 Å². The molecular weight excluding hydrogens is 299 g/mol. The maximum Gasteiger partial charge on any atom is 0.234 e. The van der Waals surface area contributed by atoms with E-state index in [1.54, 1.807) is 36.4 Å². The van der Waals surface area contributed by atoms with Gasteiger partial charge in [0.1, 0.15) is 5.82 Å². The van der Waals surface area contributed by atoms with Crippen molar-refractivity contribution in [1.29, 1.82) is 0 Å². The molecule has 0 atom stereocenters. The van der Waals surface area contributed by atoms with Gasteiger partial charge in [0, 0.05) is 10.6 Å². The number of nitrogen functional groups attached to an aromatic ring is 1. The average Bonchev–Trinajstić information content (AvgIpc) is 2.42. The van der Waals surface area contributed by atoms with Gasteiger partial charge in [0.15, 0.2) is 0 Å². The molecule has 2 aromatic rings. The first kappa shape index (κ1) is 14.7.